The maximum Gasteiger partial charge on any atom is 0.358 e. The average molecular weight is 396 g/mol. The summed E-state index contributed by atoms with van der Waals surface area (Å²) in [6, 6.07) is 10.6. The number of hydrogen-bond acceptors (Lipinski definition) is 6. The van der Waals surface area contributed by atoms with E-state index in [1.54, 1.807) is 30.3 Å². The molecule has 2 heterocycles. The highest BCUT2D eigenvalue weighted by Gasteiger charge is 2.20. The van der Waals surface area contributed by atoms with E-state index in [0.29, 0.717) is 21.8 Å². The number of hydrogen-bond donors (Lipinski definition) is 1. The molecule has 0 fully saturated rings. The number of amides is 1. The van der Waals surface area contributed by atoms with Gasteiger partial charge in [-0.25, -0.2) is 14.2 Å². The van der Waals surface area contributed by atoms with Gasteiger partial charge in [-0.3, -0.25) is 9.59 Å². The standard InChI is InChI=1S/C20H13FN2O4S/c21-14-4-1-11(2-5-14)19-23-16(10-28-19)20(26)27-9-17(24)12-3-6-15-13(7-12)8-18(25)22-15/h1-7,10H,8-9H2,(H,22,25). The molecule has 0 spiro atoms. The van der Waals surface area contributed by atoms with Crippen molar-refractivity contribution in [3.05, 3.63) is 70.5 Å². The molecule has 1 N–H and O–H groups in total. The summed E-state index contributed by atoms with van der Waals surface area (Å²) < 4.78 is 18.1. The Morgan fingerprint density at radius 3 is 2.75 bits per heavy atom. The van der Waals surface area contributed by atoms with Crippen LogP contribution in [0.2, 0.25) is 0 Å². The van der Waals surface area contributed by atoms with E-state index in [2.05, 4.69) is 10.3 Å². The minimum Gasteiger partial charge on any atom is -0.453 e. The number of nitrogens with one attached hydrogen (secondary N) is 1. The van der Waals surface area contributed by atoms with Gasteiger partial charge in [-0.2, -0.15) is 0 Å². The molecular formula is C20H13FN2O4S. The number of nitrogens with zero attached hydrogens (tertiary/aromatic N) is 1. The number of fused-ring (bicyclic) bond motifs is 1. The quantitative estimate of drug-likeness (QED) is 0.527. The summed E-state index contributed by atoms with van der Waals surface area (Å²) >= 11 is 1.22. The predicted octanol–water partition coefficient (Wildman–Crippen LogP) is 3.48. The van der Waals surface area contributed by atoms with Crippen LogP contribution in [0.15, 0.2) is 47.8 Å². The van der Waals surface area contributed by atoms with Crippen LogP contribution >= 0.6 is 11.3 Å². The number of esters is 1. The van der Waals surface area contributed by atoms with Gasteiger partial charge in [-0.1, -0.05) is 0 Å². The second kappa shape index (κ2) is 7.32. The molecule has 1 aliphatic heterocycles. The fraction of sp³-hybridized carbons (Fsp3) is 0.100. The monoisotopic (exact) mass is 396 g/mol. The molecule has 6 nitrogen and oxygen atoms in total. The average Bonchev–Trinajstić information content (AvgIpc) is 3.31. The Balaban J connectivity index is 1.39. The van der Waals surface area contributed by atoms with E-state index in [1.165, 1.54) is 28.8 Å². The summed E-state index contributed by atoms with van der Waals surface area (Å²) in [5.74, 6) is -1.56. The Hall–Kier alpha value is -3.39. The van der Waals surface area contributed by atoms with Gasteiger partial charge in [0.15, 0.2) is 18.1 Å². The molecule has 1 aliphatic rings. The Kier molecular flexibility index (Phi) is 4.70. The maximum absolute atomic E-state index is 13.0. The van der Waals surface area contributed by atoms with Gasteiger partial charge in [0.25, 0.3) is 0 Å². The smallest absolute Gasteiger partial charge is 0.358 e. The zero-order chi connectivity index (χ0) is 19.7. The van der Waals surface area contributed by atoms with E-state index in [-0.39, 0.29) is 29.6 Å². The van der Waals surface area contributed by atoms with E-state index in [9.17, 15) is 18.8 Å². The van der Waals surface area contributed by atoms with Crippen molar-refractivity contribution < 1.29 is 23.5 Å². The van der Waals surface area contributed by atoms with Crippen LogP contribution in [0, 0.1) is 5.82 Å². The lowest BCUT2D eigenvalue weighted by atomic mass is 10.1. The highest BCUT2D eigenvalue weighted by molar-refractivity contribution is 7.13. The number of ether oxygens (including phenoxy) is 1. The number of thiazole rings is 1. The summed E-state index contributed by atoms with van der Waals surface area (Å²) in [6.07, 6.45) is 0.223. The number of rotatable bonds is 5. The zero-order valence-electron chi connectivity index (χ0n) is 14.4. The summed E-state index contributed by atoms with van der Waals surface area (Å²) in [5, 5.41) is 4.77. The van der Waals surface area contributed by atoms with Crippen LogP contribution in [-0.2, 0) is 16.0 Å². The van der Waals surface area contributed by atoms with Gasteiger partial charge in [0.05, 0.1) is 6.42 Å². The van der Waals surface area contributed by atoms with E-state index in [0.717, 1.165) is 5.56 Å². The summed E-state index contributed by atoms with van der Waals surface area (Å²) in [4.78, 5) is 40.0. The molecule has 0 atom stereocenters. The first kappa shape index (κ1) is 18.0. The lowest BCUT2D eigenvalue weighted by molar-refractivity contribution is -0.115. The van der Waals surface area contributed by atoms with Crippen LogP contribution < -0.4 is 5.32 Å². The fourth-order valence-electron chi connectivity index (χ4n) is 2.78. The molecule has 1 aromatic heterocycles. The number of ketones is 1. The summed E-state index contributed by atoms with van der Waals surface area (Å²) in [7, 11) is 0. The van der Waals surface area contributed by atoms with Crippen molar-refractivity contribution >= 4 is 34.7 Å². The normalized spacial score (nSPS) is 12.4. The molecule has 140 valence electrons. The molecule has 0 saturated heterocycles. The first-order valence-corrected chi connectivity index (χ1v) is 9.22. The fourth-order valence-corrected chi connectivity index (χ4v) is 3.58. The molecular weight excluding hydrogens is 383 g/mol. The van der Waals surface area contributed by atoms with Gasteiger partial charge in [0.1, 0.15) is 10.8 Å². The molecule has 3 aromatic rings. The molecule has 8 heteroatoms. The maximum atomic E-state index is 13.0. The van der Waals surface area contributed by atoms with Crippen molar-refractivity contribution in [1.29, 1.82) is 0 Å². The molecule has 4 rings (SSSR count). The van der Waals surface area contributed by atoms with Gasteiger partial charge in [0.2, 0.25) is 5.91 Å². The summed E-state index contributed by atoms with van der Waals surface area (Å²) in [5.41, 5.74) is 2.57. The Morgan fingerprint density at radius 1 is 1.18 bits per heavy atom. The van der Waals surface area contributed by atoms with Gasteiger partial charge in [0, 0.05) is 22.2 Å². The van der Waals surface area contributed by atoms with Crippen molar-refractivity contribution in [2.45, 2.75) is 6.42 Å². The Labute approximate surface area is 163 Å². The number of halogens is 1. The van der Waals surface area contributed by atoms with Crippen molar-refractivity contribution in [1.82, 2.24) is 4.98 Å². The molecule has 2 aromatic carbocycles. The number of anilines is 1. The topological polar surface area (TPSA) is 85.4 Å². The van der Waals surface area contributed by atoms with Crippen molar-refractivity contribution in [3.63, 3.8) is 0 Å². The number of carbonyl (C=O) groups excluding carboxylic acids is 3. The lowest BCUT2D eigenvalue weighted by Gasteiger charge is -2.05. The van der Waals surface area contributed by atoms with Crippen LogP contribution in [0.5, 0.6) is 0 Å². The SMILES string of the molecule is O=C1Cc2cc(C(=O)COC(=O)c3csc(-c4ccc(F)cc4)n3)ccc2N1. The van der Waals surface area contributed by atoms with Crippen molar-refractivity contribution in [3.8, 4) is 10.6 Å². The molecule has 0 radical (unpaired) electrons. The van der Waals surface area contributed by atoms with Gasteiger partial charge >= 0.3 is 5.97 Å². The number of carbonyl (C=O) groups is 3. The minimum absolute atomic E-state index is 0.0841. The third-order valence-corrected chi connectivity index (χ3v) is 5.08. The zero-order valence-corrected chi connectivity index (χ0v) is 15.2. The lowest BCUT2D eigenvalue weighted by Crippen LogP contribution is -2.14. The highest BCUT2D eigenvalue weighted by Crippen LogP contribution is 2.25. The van der Waals surface area contributed by atoms with Gasteiger partial charge in [-0.15, -0.1) is 11.3 Å². The Morgan fingerprint density at radius 2 is 1.96 bits per heavy atom. The van der Waals surface area contributed by atoms with Crippen LogP contribution in [-0.4, -0.2) is 29.3 Å². The number of aromatic nitrogens is 1. The van der Waals surface area contributed by atoms with Gasteiger partial charge in [-0.05, 0) is 48.0 Å². The first-order chi connectivity index (χ1) is 13.5. The third kappa shape index (κ3) is 3.67. The van der Waals surface area contributed by atoms with E-state index < -0.39 is 12.6 Å². The van der Waals surface area contributed by atoms with Gasteiger partial charge < -0.3 is 10.1 Å². The summed E-state index contributed by atoms with van der Waals surface area (Å²) in [6.45, 7) is -0.428. The van der Waals surface area contributed by atoms with Crippen molar-refractivity contribution in [2.75, 3.05) is 11.9 Å². The predicted molar refractivity (Wildman–Crippen MR) is 101 cm³/mol. The molecule has 0 aliphatic carbocycles. The van der Waals surface area contributed by atoms with E-state index >= 15 is 0 Å². The largest absolute Gasteiger partial charge is 0.453 e. The molecule has 0 saturated carbocycles. The van der Waals surface area contributed by atoms with Crippen LogP contribution in [0.4, 0.5) is 10.1 Å². The second-order valence-corrected chi connectivity index (χ2v) is 7.00. The van der Waals surface area contributed by atoms with Crippen molar-refractivity contribution in [2.24, 2.45) is 0 Å². The van der Waals surface area contributed by atoms with E-state index in [4.69, 9.17) is 4.74 Å². The molecule has 0 unspecified atom stereocenters. The number of Topliss-reactive ketones (excluding diaryl/α,β-unsaturated/α-hetero) is 1. The Bertz CT molecular complexity index is 1090. The van der Waals surface area contributed by atoms with Crippen LogP contribution in [0.1, 0.15) is 26.4 Å². The minimum atomic E-state index is -0.712. The van der Waals surface area contributed by atoms with Crippen LogP contribution in [0.25, 0.3) is 10.6 Å². The molecule has 1 amide bonds. The number of benzene rings is 2. The second-order valence-electron chi connectivity index (χ2n) is 6.14. The third-order valence-electron chi connectivity index (χ3n) is 4.19. The first-order valence-electron chi connectivity index (χ1n) is 8.34. The molecule has 0 bridgehead atoms. The highest BCUT2D eigenvalue weighted by atomic mass is 32.1. The van der Waals surface area contributed by atoms with E-state index in [1.807, 2.05) is 0 Å². The molecule has 28 heavy (non-hydrogen) atoms. The van der Waals surface area contributed by atoms with Crippen LogP contribution in [0.3, 0.4) is 0 Å².